The molecule has 0 amide bonds. The summed E-state index contributed by atoms with van der Waals surface area (Å²) in [4.78, 5) is 0. The zero-order valence-corrected chi connectivity index (χ0v) is 8.26. The molecule has 0 saturated carbocycles. The zero-order valence-electron chi connectivity index (χ0n) is 7.44. The molecule has 4 heteroatoms. The Morgan fingerprint density at radius 1 is 1.38 bits per heavy atom. The molecule has 0 spiro atoms. The molecule has 3 nitrogen and oxygen atoms in total. The molecule has 3 heterocycles. The van der Waals surface area contributed by atoms with Gasteiger partial charge >= 0.3 is 0 Å². The summed E-state index contributed by atoms with van der Waals surface area (Å²) >= 11 is 0. The van der Waals surface area contributed by atoms with Gasteiger partial charge in [0.15, 0.2) is 0 Å². The normalized spacial score (nSPS) is 51.2. The average Bonchev–Trinajstić information content (AvgIpc) is 2.47. The highest BCUT2D eigenvalue weighted by Crippen LogP contribution is 2.48. The quantitative estimate of drug-likeness (QED) is 0.540. The minimum Gasteiger partial charge on any atom is -0.212 e. The number of nitrogens with zero attached hydrogens (tertiary/aromatic N) is 1. The molecule has 72 valence electrons. The van der Waals surface area contributed by atoms with Crippen LogP contribution in [-0.4, -0.2) is 30.6 Å². The van der Waals surface area contributed by atoms with E-state index in [0.29, 0.717) is 5.75 Å². The van der Waals surface area contributed by atoms with E-state index in [4.69, 9.17) is 0 Å². The summed E-state index contributed by atoms with van der Waals surface area (Å²) in [6.07, 6.45) is 2.99. The first-order valence-electron chi connectivity index (χ1n) is 4.78. The Morgan fingerprint density at radius 2 is 2.15 bits per heavy atom. The Hall–Kier alpha value is -0.350. The zero-order chi connectivity index (χ0) is 9.22. The van der Waals surface area contributed by atoms with E-state index < -0.39 is 10.0 Å². The van der Waals surface area contributed by atoms with Crippen molar-refractivity contribution in [2.24, 2.45) is 5.92 Å². The number of hydrogen-bond acceptors (Lipinski definition) is 2. The second-order valence-corrected chi connectivity index (χ2v) is 6.29. The second kappa shape index (κ2) is 2.17. The Morgan fingerprint density at radius 3 is 2.92 bits per heavy atom. The molecule has 0 aromatic rings. The summed E-state index contributed by atoms with van der Waals surface area (Å²) in [6, 6.07) is 0.525. The van der Waals surface area contributed by atoms with Gasteiger partial charge in [0, 0.05) is 18.0 Å². The lowest BCUT2D eigenvalue weighted by Crippen LogP contribution is -2.39. The highest BCUT2D eigenvalue weighted by molar-refractivity contribution is 7.89. The van der Waals surface area contributed by atoms with E-state index >= 15 is 0 Å². The van der Waals surface area contributed by atoms with Crippen LogP contribution in [0, 0.1) is 5.92 Å². The van der Waals surface area contributed by atoms with Crippen LogP contribution < -0.4 is 0 Å². The molecule has 0 radical (unpaired) electrons. The molecule has 0 aromatic carbocycles. The maximum Gasteiger partial charge on any atom is 0.215 e. The average molecular weight is 199 g/mol. The van der Waals surface area contributed by atoms with Crippen molar-refractivity contribution in [2.75, 3.05) is 5.75 Å². The maximum absolute atomic E-state index is 11.7. The van der Waals surface area contributed by atoms with Crippen LogP contribution in [0.15, 0.2) is 12.2 Å². The molecule has 4 atom stereocenters. The lowest BCUT2D eigenvalue weighted by atomic mass is 9.90. The van der Waals surface area contributed by atoms with Gasteiger partial charge in [-0.1, -0.05) is 12.2 Å². The van der Waals surface area contributed by atoms with Gasteiger partial charge < -0.3 is 0 Å². The Kier molecular flexibility index (Phi) is 1.34. The van der Waals surface area contributed by atoms with E-state index in [2.05, 4.69) is 6.58 Å². The van der Waals surface area contributed by atoms with Gasteiger partial charge in [-0.3, -0.25) is 0 Å². The van der Waals surface area contributed by atoms with Gasteiger partial charge in [-0.25, -0.2) is 8.42 Å². The summed E-state index contributed by atoms with van der Waals surface area (Å²) in [7, 11) is -2.92. The van der Waals surface area contributed by atoms with Crippen LogP contribution >= 0.6 is 0 Å². The minimum atomic E-state index is -2.92. The van der Waals surface area contributed by atoms with Gasteiger partial charge in [0.25, 0.3) is 0 Å². The monoisotopic (exact) mass is 199 g/mol. The fourth-order valence-electron chi connectivity index (χ4n) is 3.16. The Labute approximate surface area is 78.5 Å². The molecule has 1 unspecified atom stereocenters. The molecule has 0 N–H and O–H groups in total. The van der Waals surface area contributed by atoms with Crippen molar-refractivity contribution < 1.29 is 8.42 Å². The van der Waals surface area contributed by atoms with Crippen molar-refractivity contribution in [1.82, 2.24) is 4.31 Å². The first kappa shape index (κ1) is 8.00. The number of rotatable bonds is 0. The van der Waals surface area contributed by atoms with Gasteiger partial charge in [-0.2, -0.15) is 4.31 Å². The van der Waals surface area contributed by atoms with Crippen LogP contribution in [0.4, 0.5) is 0 Å². The number of hydrogen-bond donors (Lipinski definition) is 0. The highest BCUT2D eigenvalue weighted by atomic mass is 32.2. The van der Waals surface area contributed by atoms with Crippen molar-refractivity contribution in [1.29, 1.82) is 0 Å². The first-order chi connectivity index (χ1) is 6.09. The lowest BCUT2D eigenvalue weighted by Gasteiger charge is -2.30. The predicted octanol–water partition coefficient (Wildman–Crippen LogP) is 0.739. The molecule has 3 saturated heterocycles. The highest BCUT2D eigenvalue weighted by Gasteiger charge is 2.55. The lowest BCUT2D eigenvalue weighted by molar-refractivity contribution is 0.274. The number of piperidine rings is 1. The summed E-state index contributed by atoms with van der Waals surface area (Å²) in [5.74, 6) is 0.566. The van der Waals surface area contributed by atoms with E-state index in [1.807, 2.05) is 0 Å². The van der Waals surface area contributed by atoms with Crippen LogP contribution in [-0.2, 0) is 10.0 Å². The van der Waals surface area contributed by atoms with Crippen molar-refractivity contribution >= 4 is 10.0 Å². The second-order valence-electron chi connectivity index (χ2n) is 4.38. The van der Waals surface area contributed by atoms with Gasteiger partial charge in [0.2, 0.25) is 10.0 Å². The van der Waals surface area contributed by atoms with E-state index in [9.17, 15) is 8.42 Å². The van der Waals surface area contributed by atoms with Crippen molar-refractivity contribution in [3.8, 4) is 0 Å². The summed E-state index contributed by atoms with van der Waals surface area (Å²) in [5.41, 5.74) is 1.17. The van der Waals surface area contributed by atoms with Crippen molar-refractivity contribution in [2.45, 2.75) is 31.3 Å². The minimum absolute atomic E-state index is 0.240. The largest absolute Gasteiger partial charge is 0.215 e. The van der Waals surface area contributed by atoms with Gasteiger partial charge in [0.05, 0.1) is 5.75 Å². The van der Waals surface area contributed by atoms with Crippen molar-refractivity contribution in [3.05, 3.63) is 12.2 Å². The van der Waals surface area contributed by atoms with Crippen LogP contribution in [0.5, 0.6) is 0 Å². The van der Waals surface area contributed by atoms with Gasteiger partial charge in [-0.05, 0) is 19.3 Å². The SMILES string of the molecule is C=C1C[C@H]2CC[C@H]3[C@H]1CS(=O)(=O)N23. The maximum atomic E-state index is 11.7. The molecule has 3 aliphatic rings. The Balaban J connectivity index is 2.16. The van der Waals surface area contributed by atoms with Crippen LogP contribution in [0.3, 0.4) is 0 Å². The molecular weight excluding hydrogens is 186 g/mol. The summed E-state index contributed by atoms with van der Waals surface area (Å²) < 4.78 is 25.2. The van der Waals surface area contributed by atoms with Gasteiger partial charge in [0.1, 0.15) is 0 Å². The third-order valence-corrected chi connectivity index (χ3v) is 5.67. The van der Waals surface area contributed by atoms with Gasteiger partial charge in [-0.15, -0.1) is 0 Å². The molecule has 0 aromatic heterocycles. The Bertz CT molecular complexity index is 373. The van der Waals surface area contributed by atoms with Crippen LogP contribution in [0.25, 0.3) is 0 Å². The third kappa shape index (κ3) is 0.854. The molecular formula is C9H13NO2S. The van der Waals surface area contributed by atoms with Crippen LogP contribution in [0.2, 0.25) is 0 Å². The number of sulfonamides is 1. The fourth-order valence-corrected chi connectivity index (χ4v) is 5.54. The molecule has 0 aliphatic carbocycles. The smallest absolute Gasteiger partial charge is 0.212 e. The van der Waals surface area contributed by atoms with E-state index in [0.717, 1.165) is 19.3 Å². The topological polar surface area (TPSA) is 37.4 Å². The molecule has 3 aliphatic heterocycles. The summed E-state index contributed by atoms with van der Waals surface area (Å²) in [5, 5.41) is 0. The summed E-state index contributed by atoms with van der Waals surface area (Å²) in [6.45, 7) is 4.01. The van der Waals surface area contributed by atoms with E-state index in [-0.39, 0.29) is 18.0 Å². The van der Waals surface area contributed by atoms with E-state index in [1.54, 1.807) is 4.31 Å². The molecule has 4 bridgehead atoms. The third-order valence-electron chi connectivity index (χ3n) is 3.68. The standard InChI is InChI=1S/C9H13NO2S/c1-6-4-7-2-3-9-8(6)5-13(11,12)10(7)9/h7-9H,1-5H2/t7-,8+,9+/m1/s1. The molecule has 3 fully saturated rings. The van der Waals surface area contributed by atoms with Crippen molar-refractivity contribution in [3.63, 3.8) is 0 Å². The first-order valence-corrected chi connectivity index (χ1v) is 6.39. The van der Waals surface area contributed by atoms with Crippen LogP contribution in [0.1, 0.15) is 19.3 Å². The van der Waals surface area contributed by atoms with E-state index in [1.165, 1.54) is 5.57 Å². The predicted molar refractivity (Wildman–Crippen MR) is 49.7 cm³/mol. The molecule has 13 heavy (non-hydrogen) atoms. The fraction of sp³-hybridized carbons (Fsp3) is 0.778. The molecule has 3 rings (SSSR count).